The van der Waals surface area contributed by atoms with Gasteiger partial charge in [0.15, 0.2) is 0 Å². The molecule has 1 fully saturated rings. The van der Waals surface area contributed by atoms with Gasteiger partial charge in [-0.2, -0.15) is 0 Å². The van der Waals surface area contributed by atoms with Crippen molar-refractivity contribution < 1.29 is 14.7 Å². The molecule has 3 aromatic rings. The van der Waals surface area contributed by atoms with Crippen LogP contribution in [0.5, 0.6) is 0 Å². The zero-order valence-corrected chi connectivity index (χ0v) is 15.0. The lowest BCUT2D eigenvalue weighted by atomic mass is 10.0. The fourth-order valence-electron chi connectivity index (χ4n) is 3.12. The van der Waals surface area contributed by atoms with Crippen LogP contribution in [-0.2, 0) is 16.1 Å². The molecule has 0 aliphatic carbocycles. The Morgan fingerprint density at radius 1 is 1.07 bits per heavy atom. The summed E-state index contributed by atoms with van der Waals surface area (Å²) in [6.45, 7) is 0.182. The molecule has 4 rings (SSSR count). The molecule has 0 aromatic carbocycles. The number of thiophene rings is 1. The highest BCUT2D eigenvalue weighted by atomic mass is 32.1. The first kappa shape index (κ1) is 17.1. The molecule has 1 saturated heterocycles. The van der Waals surface area contributed by atoms with E-state index < -0.39 is 17.7 Å². The normalized spacial score (nSPS) is 18.8. The molecular weight excluding hydrogens is 362 g/mol. The number of aromatic nitrogens is 2. The zero-order chi connectivity index (χ0) is 18.8. The largest absolute Gasteiger partial charge is 0.507 e. The van der Waals surface area contributed by atoms with Crippen molar-refractivity contribution >= 4 is 28.8 Å². The molecule has 0 spiro atoms. The van der Waals surface area contributed by atoms with Crippen molar-refractivity contribution in [2.75, 3.05) is 0 Å². The van der Waals surface area contributed by atoms with E-state index in [0.29, 0.717) is 11.3 Å². The van der Waals surface area contributed by atoms with E-state index in [0.717, 1.165) is 4.88 Å². The van der Waals surface area contributed by atoms with Gasteiger partial charge in [0.2, 0.25) is 0 Å². The molecule has 7 heteroatoms. The molecule has 134 valence electrons. The van der Waals surface area contributed by atoms with Crippen LogP contribution in [-0.4, -0.2) is 31.7 Å². The van der Waals surface area contributed by atoms with Crippen LogP contribution in [0, 0.1) is 0 Å². The summed E-state index contributed by atoms with van der Waals surface area (Å²) in [5.74, 6) is -1.54. The predicted octanol–water partition coefficient (Wildman–Crippen LogP) is 3.16. The van der Waals surface area contributed by atoms with Crippen LogP contribution >= 0.6 is 11.3 Å². The van der Waals surface area contributed by atoms with Crippen molar-refractivity contribution in [3.8, 4) is 0 Å². The van der Waals surface area contributed by atoms with Gasteiger partial charge in [0.1, 0.15) is 11.8 Å². The Morgan fingerprint density at radius 2 is 1.89 bits per heavy atom. The van der Waals surface area contributed by atoms with Crippen LogP contribution in [0.15, 0.2) is 72.0 Å². The zero-order valence-electron chi connectivity index (χ0n) is 14.1. The third kappa shape index (κ3) is 3.13. The molecule has 1 unspecified atom stereocenters. The van der Waals surface area contributed by atoms with Crippen LogP contribution in [0.3, 0.4) is 0 Å². The highest BCUT2D eigenvalue weighted by Crippen LogP contribution is 2.41. The molecule has 0 bridgehead atoms. The van der Waals surface area contributed by atoms with E-state index in [4.69, 9.17) is 0 Å². The third-order valence-electron chi connectivity index (χ3n) is 4.36. The monoisotopic (exact) mass is 377 g/mol. The Bertz CT molecular complexity index is 1000. The molecule has 27 heavy (non-hydrogen) atoms. The Kier molecular flexibility index (Phi) is 4.52. The number of likely N-dealkylation sites (tertiary alicyclic amines) is 1. The molecule has 3 aromatic heterocycles. The third-order valence-corrected chi connectivity index (χ3v) is 5.29. The number of aliphatic hydroxyl groups is 1. The number of hydrogen-bond acceptors (Lipinski definition) is 6. The minimum Gasteiger partial charge on any atom is -0.507 e. The van der Waals surface area contributed by atoms with Gasteiger partial charge in [-0.3, -0.25) is 19.6 Å². The first-order chi connectivity index (χ1) is 13.2. The maximum Gasteiger partial charge on any atom is 0.296 e. The van der Waals surface area contributed by atoms with Gasteiger partial charge < -0.3 is 10.0 Å². The number of carbonyl (C=O) groups is 2. The predicted molar refractivity (Wildman–Crippen MR) is 101 cm³/mol. The average Bonchev–Trinajstić information content (AvgIpc) is 3.32. The SMILES string of the molecule is O=C1C(=O)N(Cc2ccccn2)C(c2cccs2)/C1=C(/O)c1ccncc1. The van der Waals surface area contributed by atoms with E-state index in [1.54, 1.807) is 30.5 Å². The lowest BCUT2D eigenvalue weighted by Gasteiger charge is -2.23. The summed E-state index contributed by atoms with van der Waals surface area (Å²) >= 11 is 1.43. The topological polar surface area (TPSA) is 83.4 Å². The van der Waals surface area contributed by atoms with Gasteiger partial charge in [0.25, 0.3) is 11.7 Å². The Balaban J connectivity index is 1.83. The van der Waals surface area contributed by atoms with Gasteiger partial charge in [-0.15, -0.1) is 11.3 Å². The van der Waals surface area contributed by atoms with Crippen molar-refractivity contribution in [3.05, 3.63) is 88.1 Å². The molecular formula is C20H15N3O3S. The lowest BCUT2D eigenvalue weighted by molar-refractivity contribution is -0.140. The second-order valence-corrected chi connectivity index (χ2v) is 6.98. The molecule has 1 N–H and O–H groups in total. The number of pyridine rings is 2. The summed E-state index contributed by atoms with van der Waals surface area (Å²) in [6, 6.07) is 11.7. The van der Waals surface area contributed by atoms with Crippen LogP contribution in [0.4, 0.5) is 0 Å². The number of ketones is 1. The van der Waals surface area contributed by atoms with Crippen LogP contribution in [0.2, 0.25) is 0 Å². The number of carbonyl (C=O) groups excluding carboxylic acids is 2. The van der Waals surface area contributed by atoms with Crippen molar-refractivity contribution in [3.63, 3.8) is 0 Å². The van der Waals surface area contributed by atoms with E-state index in [1.165, 1.54) is 28.6 Å². The molecule has 4 heterocycles. The summed E-state index contributed by atoms with van der Waals surface area (Å²) in [7, 11) is 0. The van der Waals surface area contributed by atoms with E-state index in [9.17, 15) is 14.7 Å². The molecule has 1 aliphatic rings. The van der Waals surface area contributed by atoms with Crippen molar-refractivity contribution in [2.24, 2.45) is 0 Å². The number of hydrogen-bond donors (Lipinski definition) is 1. The first-order valence-corrected chi connectivity index (χ1v) is 9.17. The van der Waals surface area contributed by atoms with Gasteiger partial charge in [0.05, 0.1) is 17.8 Å². The summed E-state index contributed by atoms with van der Waals surface area (Å²) in [5.41, 5.74) is 1.21. The minimum absolute atomic E-state index is 0.0876. The molecule has 1 amide bonds. The Hall–Kier alpha value is -3.32. The molecule has 1 aliphatic heterocycles. The fourth-order valence-corrected chi connectivity index (χ4v) is 3.96. The molecule has 1 atom stereocenters. The van der Waals surface area contributed by atoms with Crippen molar-refractivity contribution in [2.45, 2.75) is 12.6 Å². The van der Waals surface area contributed by atoms with Crippen LogP contribution in [0.25, 0.3) is 5.76 Å². The molecule has 6 nitrogen and oxygen atoms in total. The minimum atomic E-state index is -0.696. The Labute approximate surface area is 159 Å². The second-order valence-electron chi connectivity index (χ2n) is 6.00. The van der Waals surface area contributed by atoms with Gasteiger partial charge in [-0.05, 0) is 35.7 Å². The lowest BCUT2D eigenvalue weighted by Crippen LogP contribution is -2.29. The second kappa shape index (κ2) is 7.13. The fraction of sp³-hybridized carbons (Fsp3) is 0.100. The van der Waals surface area contributed by atoms with E-state index in [1.807, 2.05) is 23.6 Å². The standard InChI is InChI=1S/C20H15N3O3S/c24-18(13-6-9-21-10-7-13)16-17(15-5-3-11-27-15)23(20(26)19(16)25)12-14-4-1-2-8-22-14/h1-11,17,24H,12H2/b18-16-. The summed E-state index contributed by atoms with van der Waals surface area (Å²) in [4.78, 5) is 36.0. The highest BCUT2D eigenvalue weighted by Gasteiger charge is 2.46. The van der Waals surface area contributed by atoms with Crippen LogP contribution in [0.1, 0.15) is 22.2 Å². The maximum absolute atomic E-state index is 12.8. The molecule has 0 radical (unpaired) electrons. The summed E-state index contributed by atoms with van der Waals surface area (Å²) in [5, 5.41) is 12.7. The Morgan fingerprint density at radius 3 is 2.56 bits per heavy atom. The quantitative estimate of drug-likeness (QED) is 0.429. The van der Waals surface area contributed by atoms with E-state index in [2.05, 4.69) is 9.97 Å². The average molecular weight is 377 g/mol. The summed E-state index contributed by atoms with van der Waals surface area (Å²) < 4.78 is 0. The summed E-state index contributed by atoms with van der Waals surface area (Å²) in [6.07, 6.45) is 4.70. The van der Waals surface area contributed by atoms with Gasteiger partial charge in [-0.1, -0.05) is 12.1 Å². The maximum atomic E-state index is 12.8. The molecule has 0 saturated carbocycles. The first-order valence-electron chi connectivity index (χ1n) is 8.29. The van der Waals surface area contributed by atoms with Gasteiger partial charge in [-0.25, -0.2) is 0 Å². The smallest absolute Gasteiger partial charge is 0.296 e. The number of Topliss-reactive ketones (excluding diaryl/α,β-unsaturated/α-hetero) is 1. The van der Waals surface area contributed by atoms with Crippen molar-refractivity contribution in [1.82, 2.24) is 14.9 Å². The van der Waals surface area contributed by atoms with Crippen LogP contribution < -0.4 is 0 Å². The number of aliphatic hydroxyl groups excluding tert-OH is 1. The van der Waals surface area contributed by atoms with Crippen molar-refractivity contribution in [1.29, 1.82) is 0 Å². The van der Waals surface area contributed by atoms with Gasteiger partial charge in [0, 0.05) is 29.0 Å². The number of nitrogens with zero attached hydrogens (tertiary/aromatic N) is 3. The van der Waals surface area contributed by atoms with Gasteiger partial charge >= 0.3 is 0 Å². The number of amides is 1. The number of rotatable bonds is 4. The van der Waals surface area contributed by atoms with E-state index in [-0.39, 0.29) is 17.9 Å². The highest BCUT2D eigenvalue weighted by molar-refractivity contribution is 7.10. The van der Waals surface area contributed by atoms with E-state index >= 15 is 0 Å².